The summed E-state index contributed by atoms with van der Waals surface area (Å²) < 4.78 is 13.0. The molecule has 3 saturated heterocycles. The Labute approximate surface area is 154 Å². The molecule has 1 N–H and O–H groups in total. The number of aryl methyl sites for hydroxylation is 1. The fraction of sp³-hybridized carbons (Fsp3) is 0.476. The van der Waals surface area contributed by atoms with Crippen LogP contribution in [0.3, 0.4) is 0 Å². The largest absolute Gasteiger partial charge is 0.348 e. The summed E-state index contributed by atoms with van der Waals surface area (Å²) in [5.41, 5.74) is 3.41. The maximum absolute atomic E-state index is 13.0. The molecule has 1 aromatic carbocycles. The predicted molar refractivity (Wildman–Crippen MR) is 102 cm³/mol. The number of nitrogens with zero attached hydrogens (tertiary/aromatic N) is 3. The molecule has 2 aromatic rings. The lowest BCUT2D eigenvalue weighted by Gasteiger charge is -2.35. The average Bonchev–Trinajstić information content (AvgIpc) is 2.85. The van der Waals surface area contributed by atoms with Gasteiger partial charge in [-0.25, -0.2) is 9.37 Å². The number of halogens is 1. The number of benzene rings is 1. The molecule has 138 valence electrons. The quantitative estimate of drug-likeness (QED) is 0.893. The van der Waals surface area contributed by atoms with E-state index in [1.54, 1.807) is 6.33 Å². The highest BCUT2D eigenvalue weighted by Gasteiger charge is 2.34. The van der Waals surface area contributed by atoms with E-state index in [1.807, 2.05) is 12.1 Å². The first-order chi connectivity index (χ1) is 12.7. The van der Waals surface area contributed by atoms with Gasteiger partial charge in [0.1, 0.15) is 5.82 Å². The topological polar surface area (TPSA) is 35.2 Å². The van der Waals surface area contributed by atoms with E-state index in [0.29, 0.717) is 6.04 Å². The molecule has 0 amide bonds. The fourth-order valence-electron chi connectivity index (χ4n) is 4.29. The number of aromatic amines is 1. The van der Waals surface area contributed by atoms with Gasteiger partial charge in [0.15, 0.2) is 0 Å². The van der Waals surface area contributed by atoms with E-state index in [0.717, 1.165) is 31.1 Å². The van der Waals surface area contributed by atoms with Crippen LogP contribution in [0.2, 0.25) is 0 Å². The van der Waals surface area contributed by atoms with Crippen LogP contribution in [-0.2, 0) is 6.54 Å². The average molecular weight is 354 g/mol. The molecule has 4 nitrogen and oxygen atoms in total. The van der Waals surface area contributed by atoms with Crippen LogP contribution in [0.1, 0.15) is 29.8 Å². The minimum Gasteiger partial charge on any atom is -0.348 e. The molecular formula is C21H27FN4. The van der Waals surface area contributed by atoms with Gasteiger partial charge in [0.2, 0.25) is 0 Å². The van der Waals surface area contributed by atoms with Gasteiger partial charge in [0.05, 0.1) is 12.0 Å². The zero-order valence-corrected chi connectivity index (χ0v) is 15.4. The third-order valence-corrected chi connectivity index (χ3v) is 5.73. The Morgan fingerprint density at radius 3 is 2.81 bits per heavy atom. The zero-order chi connectivity index (χ0) is 17.9. The summed E-state index contributed by atoms with van der Waals surface area (Å²) >= 11 is 0. The summed E-state index contributed by atoms with van der Waals surface area (Å²) in [6.45, 7) is 7.47. The predicted octanol–water partition coefficient (Wildman–Crippen LogP) is 3.47. The molecule has 1 aromatic heterocycles. The van der Waals surface area contributed by atoms with Crippen LogP contribution < -0.4 is 0 Å². The molecule has 3 aliphatic rings. The molecule has 0 saturated carbocycles. The van der Waals surface area contributed by atoms with E-state index in [4.69, 9.17) is 0 Å². The standard InChI is InChI=1S/C21H27FN4/c1-16-21(24-15-23-16)14-25-11-18-6-9-20(13-25)26(12-18)10-2-3-17-4-7-19(22)8-5-17/h2-5,7-8,15,18,20H,6,9-14H2,1H3,(H,23,24)/b3-2+/t18-,20+/m1/s1. The third-order valence-electron chi connectivity index (χ3n) is 5.73. The first-order valence-corrected chi connectivity index (χ1v) is 9.55. The van der Waals surface area contributed by atoms with Crippen molar-refractivity contribution >= 4 is 6.08 Å². The Balaban J connectivity index is 1.37. The molecule has 5 rings (SSSR count). The van der Waals surface area contributed by atoms with Crippen molar-refractivity contribution < 1.29 is 4.39 Å². The highest BCUT2D eigenvalue weighted by atomic mass is 19.1. The van der Waals surface area contributed by atoms with Gasteiger partial charge >= 0.3 is 0 Å². The second-order valence-corrected chi connectivity index (χ2v) is 7.67. The van der Waals surface area contributed by atoms with Crippen LogP contribution in [0.25, 0.3) is 6.08 Å². The lowest BCUT2D eigenvalue weighted by Crippen LogP contribution is -2.43. The van der Waals surface area contributed by atoms with Crippen LogP contribution in [0.5, 0.6) is 0 Å². The number of hydrogen-bond donors (Lipinski definition) is 1. The van der Waals surface area contributed by atoms with E-state index in [2.05, 4.69) is 38.8 Å². The number of aromatic nitrogens is 2. The van der Waals surface area contributed by atoms with Gasteiger partial charge in [0.25, 0.3) is 0 Å². The number of imidazole rings is 1. The Morgan fingerprint density at radius 2 is 2.04 bits per heavy atom. The Morgan fingerprint density at radius 1 is 1.19 bits per heavy atom. The summed E-state index contributed by atoms with van der Waals surface area (Å²) in [5, 5.41) is 0. The molecule has 2 atom stereocenters. The number of hydrogen-bond acceptors (Lipinski definition) is 3. The molecule has 3 fully saturated rings. The number of rotatable bonds is 5. The minimum absolute atomic E-state index is 0.181. The van der Waals surface area contributed by atoms with Crippen LogP contribution >= 0.6 is 0 Å². The van der Waals surface area contributed by atoms with Gasteiger partial charge in [-0.2, -0.15) is 0 Å². The SMILES string of the molecule is Cc1[nH]cnc1CN1C[C@H]2CC[C@@H](C1)N(C/C=C/c1ccc(F)cc1)C2. The minimum atomic E-state index is -0.181. The second kappa shape index (κ2) is 7.72. The van der Waals surface area contributed by atoms with Gasteiger partial charge < -0.3 is 4.98 Å². The van der Waals surface area contributed by atoms with Gasteiger partial charge in [-0.15, -0.1) is 0 Å². The Kier molecular flexibility index (Phi) is 5.18. The van der Waals surface area contributed by atoms with E-state index >= 15 is 0 Å². The Bertz CT molecular complexity index is 752. The van der Waals surface area contributed by atoms with E-state index in [9.17, 15) is 4.39 Å². The first kappa shape index (κ1) is 17.4. The summed E-state index contributed by atoms with van der Waals surface area (Å²) in [6.07, 6.45) is 8.73. The van der Waals surface area contributed by atoms with Crippen LogP contribution in [0.4, 0.5) is 4.39 Å². The van der Waals surface area contributed by atoms with Crippen LogP contribution in [0.15, 0.2) is 36.7 Å². The van der Waals surface area contributed by atoms with Gasteiger partial charge in [0, 0.05) is 44.5 Å². The molecule has 0 spiro atoms. The normalized spacial score (nSPS) is 24.4. The lowest BCUT2D eigenvalue weighted by molar-refractivity contribution is 0.146. The van der Waals surface area contributed by atoms with Crippen molar-refractivity contribution in [2.75, 3.05) is 26.2 Å². The summed E-state index contributed by atoms with van der Waals surface area (Å²) in [4.78, 5) is 12.9. The molecule has 3 aliphatic heterocycles. The number of H-pyrrole nitrogens is 1. The highest BCUT2D eigenvalue weighted by Crippen LogP contribution is 2.28. The van der Waals surface area contributed by atoms with Crippen molar-refractivity contribution in [2.45, 2.75) is 32.4 Å². The van der Waals surface area contributed by atoms with Crippen LogP contribution in [-0.4, -0.2) is 52.0 Å². The summed E-state index contributed by atoms with van der Waals surface area (Å²) in [6, 6.07) is 7.30. The molecule has 2 bridgehead atoms. The monoisotopic (exact) mass is 354 g/mol. The molecule has 0 radical (unpaired) electrons. The maximum atomic E-state index is 13.0. The maximum Gasteiger partial charge on any atom is 0.123 e. The van der Waals surface area contributed by atoms with Crippen molar-refractivity contribution in [3.8, 4) is 0 Å². The second-order valence-electron chi connectivity index (χ2n) is 7.67. The highest BCUT2D eigenvalue weighted by molar-refractivity contribution is 5.49. The molecule has 5 heteroatoms. The van der Waals surface area contributed by atoms with Gasteiger partial charge in [-0.05, 0) is 43.4 Å². The summed E-state index contributed by atoms with van der Waals surface area (Å²) in [5.74, 6) is 0.562. The smallest absolute Gasteiger partial charge is 0.123 e. The van der Waals surface area contributed by atoms with Crippen molar-refractivity contribution in [1.82, 2.24) is 19.8 Å². The molecule has 4 heterocycles. The van der Waals surface area contributed by atoms with Crippen molar-refractivity contribution in [3.05, 3.63) is 59.4 Å². The molecule has 26 heavy (non-hydrogen) atoms. The third kappa shape index (κ3) is 4.05. The van der Waals surface area contributed by atoms with E-state index in [-0.39, 0.29) is 5.82 Å². The van der Waals surface area contributed by atoms with E-state index in [1.165, 1.54) is 49.5 Å². The zero-order valence-electron chi connectivity index (χ0n) is 15.4. The van der Waals surface area contributed by atoms with Gasteiger partial charge in [-0.1, -0.05) is 24.3 Å². The molecule has 0 aliphatic carbocycles. The Hall–Kier alpha value is -1.98. The van der Waals surface area contributed by atoms with Crippen molar-refractivity contribution in [1.29, 1.82) is 0 Å². The lowest BCUT2D eigenvalue weighted by atomic mass is 9.95. The van der Waals surface area contributed by atoms with Crippen molar-refractivity contribution in [3.63, 3.8) is 0 Å². The van der Waals surface area contributed by atoms with Crippen molar-refractivity contribution in [2.24, 2.45) is 5.92 Å². The van der Waals surface area contributed by atoms with Gasteiger partial charge in [-0.3, -0.25) is 9.80 Å². The molecular weight excluding hydrogens is 327 g/mol. The number of piperidine rings is 1. The number of fused-ring (bicyclic) bond motifs is 4. The number of nitrogens with one attached hydrogen (secondary N) is 1. The summed E-state index contributed by atoms with van der Waals surface area (Å²) in [7, 11) is 0. The van der Waals surface area contributed by atoms with E-state index < -0.39 is 0 Å². The molecule has 0 unspecified atom stereocenters. The van der Waals surface area contributed by atoms with Crippen LogP contribution in [0, 0.1) is 18.7 Å². The fourth-order valence-corrected chi connectivity index (χ4v) is 4.29. The first-order valence-electron chi connectivity index (χ1n) is 9.55.